The Labute approximate surface area is 125 Å². The number of nitro benzene ring substituents is 1. The van der Waals surface area contributed by atoms with Crippen LogP contribution in [0.25, 0.3) is 0 Å². The fourth-order valence-electron chi connectivity index (χ4n) is 1.92. The normalized spacial score (nSPS) is 10.4. The van der Waals surface area contributed by atoms with Crippen molar-refractivity contribution in [2.45, 2.75) is 23.6 Å². The van der Waals surface area contributed by atoms with Crippen molar-refractivity contribution in [2.75, 3.05) is 0 Å². The summed E-state index contributed by atoms with van der Waals surface area (Å²) in [4.78, 5) is 22.8. The van der Waals surface area contributed by atoms with Crippen LogP contribution < -0.4 is 0 Å². The van der Waals surface area contributed by atoms with E-state index < -0.39 is 10.9 Å². The quantitative estimate of drug-likeness (QED) is 0.680. The van der Waals surface area contributed by atoms with E-state index >= 15 is 0 Å². The summed E-state index contributed by atoms with van der Waals surface area (Å²) < 4.78 is 0. The molecule has 21 heavy (non-hydrogen) atoms. The fraction of sp³-hybridized carbons (Fsp3) is 0.133. The second-order valence-corrected chi connectivity index (χ2v) is 5.70. The Bertz CT molecular complexity index is 728. The molecule has 6 heteroatoms. The van der Waals surface area contributed by atoms with Crippen molar-refractivity contribution in [2.24, 2.45) is 0 Å². The van der Waals surface area contributed by atoms with Gasteiger partial charge in [0.1, 0.15) is 0 Å². The van der Waals surface area contributed by atoms with Crippen LogP contribution in [-0.2, 0) is 0 Å². The van der Waals surface area contributed by atoms with Gasteiger partial charge in [-0.25, -0.2) is 4.79 Å². The number of nitro groups is 1. The molecule has 108 valence electrons. The lowest BCUT2D eigenvalue weighted by Crippen LogP contribution is -2.00. The molecule has 2 aromatic rings. The number of nitrogens with zero attached hydrogens (tertiary/aromatic N) is 1. The molecule has 0 saturated carbocycles. The molecule has 5 nitrogen and oxygen atoms in total. The molecule has 0 bridgehead atoms. The molecule has 0 radical (unpaired) electrons. The van der Waals surface area contributed by atoms with Gasteiger partial charge in [0.05, 0.1) is 10.5 Å². The Balaban J connectivity index is 2.44. The lowest BCUT2D eigenvalue weighted by atomic mass is 10.2. The Morgan fingerprint density at radius 3 is 2.38 bits per heavy atom. The van der Waals surface area contributed by atoms with Crippen molar-refractivity contribution in [1.29, 1.82) is 0 Å². The van der Waals surface area contributed by atoms with Gasteiger partial charge >= 0.3 is 5.97 Å². The molecule has 0 spiro atoms. The third-order valence-electron chi connectivity index (χ3n) is 2.95. The van der Waals surface area contributed by atoms with Gasteiger partial charge in [-0.15, -0.1) is 0 Å². The summed E-state index contributed by atoms with van der Waals surface area (Å²) >= 11 is 1.29. The molecule has 0 saturated heterocycles. The van der Waals surface area contributed by atoms with Gasteiger partial charge in [0.25, 0.3) is 5.69 Å². The highest BCUT2D eigenvalue weighted by Crippen LogP contribution is 2.34. The first-order valence-corrected chi connectivity index (χ1v) is 6.97. The maximum Gasteiger partial charge on any atom is 0.337 e. The number of carbonyl (C=O) groups is 1. The first kappa shape index (κ1) is 15.1. The van der Waals surface area contributed by atoms with Gasteiger partial charge in [-0.1, -0.05) is 29.5 Å². The number of hydrogen-bond donors (Lipinski definition) is 1. The summed E-state index contributed by atoms with van der Waals surface area (Å²) in [6.07, 6.45) is 0. The van der Waals surface area contributed by atoms with E-state index in [4.69, 9.17) is 0 Å². The van der Waals surface area contributed by atoms with Crippen molar-refractivity contribution >= 4 is 23.4 Å². The SMILES string of the molecule is Cc1ccc(Sc2ccc([N+](=O)[O-])cc2C(=O)O)c(C)c1. The van der Waals surface area contributed by atoms with E-state index in [-0.39, 0.29) is 11.3 Å². The minimum atomic E-state index is -1.18. The molecular weight excluding hydrogens is 290 g/mol. The van der Waals surface area contributed by atoms with Crippen LogP contribution in [0.1, 0.15) is 21.5 Å². The fourth-order valence-corrected chi connectivity index (χ4v) is 2.91. The molecule has 0 unspecified atom stereocenters. The lowest BCUT2D eigenvalue weighted by molar-refractivity contribution is -0.384. The number of aromatic carboxylic acids is 1. The maximum absolute atomic E-state index is 11.3. The first-order valence-electron chi connectivity index (χ1n) is 6.15. The van der Waals surface area contributed by atoms with Crippen LogP contribution in [0.3, 0.4) is 0 Å². The highest BCUT2D eigenvalue weighted by Gasteiger charge is 2.17. The third-order valence-corrected chi connectivity index (χ3v) is 4.21. The van der Waals surface area contributed by atoms with E-state index in [1.807, 2.05) is 32.0 Å². The van der Waals surface area contributed by atoms with Gasteiger partial charge in [-0.2, -0.15) is 0 Å². The molecule has 0 aliphatic heterocycles. The van der Waals surface area contributed by atoms with Gasteiger partial charge in [0.2, 0.25) is 0 Å². The minimum Gasteiger partial charge on any atom is -0.478 e. The summed E-state index contributed by atoms with van der Waals surface area (Å²) in [6.45, 7) is 3.93. The van der Waals surface area contributed by atoms with Crippen molar-refractivity contribution in [3.05, 3.63) is 63.2 Å². The number of non-ortho nitro benzene ring substituents is 1. The van der Waals surface area contributed by atoms with E-state index in [9.17, 15) is 20.0 Å². The van der Waals surface area contributed by atoms with E-state index in [0.717, 1.165) is 22.1 Å². The molecule has 0 aliphatic rings. The van der Waals surface area contributed by atoms with E-state index in [1.54, 1.807) is 0 Å². The van der Waals surface area contributed by atoms with Crippen LogP contribution in [0.2, 0.25) is 0 Å². The van der Waals surface area contributed by atoms with Crippen LogP contribution in [0.4, 0.5) is 5.69 Å². The van der Waals surface area contributed by atoms with Gasteiger partial charge in [0.15, 0.2) is 0 Å². The van der Waals surface area contributed by atoms with Crippen LogP contribution in [0, 0.1) is 24.0 Å². The minimum absolute atomic E-state index is 0.0609. The Morgan fingerprint density at radius 1 is 1.14 bits per heavy atom. The predicted molar refractivity (Wildman–Crippen MR) is 80.1 cm³/mol. The second-order valence-electron chi connectivity index (χ2n) is 4.61. The predicted octanol–water partition coefficient (Wildman–Crippen LogP) is 4.06. The molecule has 0 aliphatic carbocycles. The highest BCUT2D eigenvalue weighted by atomic mass is 32.2. The number of benzene rings is 2. The first-order chi connectivity index (χ1) is 9.88. The van der Waals surface area contributed by atoms with Crippen LogP contribution >= 0.6 is 11.8 Å². The van der Waals surface area contributed by atoms with Crippen LogP contribution in [0.5, 0.6) is 0 Å². The second kappa shape index (κ2) is 5.97. The summed E-state index contributed by atoms with van der Waals surface area (Å²) in [7, 11) is 0. The van der Waals surface area contributed by atoms with Crippen molar-refractivity contribution in [3.63, 3.8) is 0 Å². The molecule has 0 fully saturated rings. The molecule has 0 amide bonds. The number of rotatable bonds is 4. The maximum atomic E-state index is 11.3. The number of hydrogen-bond acceptors (Lipinski definition) is 4. The van der Waals surface area contributed by atoms with E-state index in [2.05, 4.69) is 0 Å². The van der Waals surface area contributed by atoms with Crippen molar-refractivity contribution < 1.29 is 14.8 Å². The monoisotopic (exact) mass is 303 g/mol. The van der Waals surface area contributed by atoms with E-state index in [0.29, 0.717) is 4.90 Å². The standard InChI is InChI=1S/C15H13NO4S/c1-9-3-5-13(10(2)7-9)21-14-6-4-11(16(19)20)8-12(14)15(17)18/h3-8H,1-2H3,(H,17,18). The number of carboxylic acid groups (broad SMARTS) is 1. The summed E-state index contributed by atoms with van der Waals surface area (Å²) in [5.74, 6) is -1.18. The lowest BCUT2D eigenvalue weighted by Gasteiger charge is -2.09. The number of carboxylic acids is 1. The van der Waals surface area contributed by atoms with Crippen LogP contribution in [-0.4, -0.2) is 16.0 Å². The molecule has 2 aromatic carbocycles. The number of aryl methyl sites for hydroxylation is 2. The Hall–Kier alpha value is -2.34. The highest BCUT2D eigenvalue weighted by molar-refractivity contribution is 7.99. The average Bonchev–Trinajstić information content (AvgIpc) is 2.41. The summed E-state index contributed by atoms with van der Waals surface area (Å²) in [5.41, 5.74) is 1.88. The molecular formula is C15H13NO4S. The smallest absolute Gasteiger partial charge is 0.337 e. The van der Waals surface area contributed by atoms with Gasteiger partial charge in [-0.05, 0) is 31.5 Å². The molecule has 2 rings (SSSR count). The van der Waals surface area contributed by atoms with E-state index in [1.165, 1.54) is 23.9 Å². The summed E-state index contributed by atoms with van der Waals surface area (Å²) in [5, 5.41) is 20.0. The van der Waals surface area contributed by atoms with Crippen molar-refractivity contribution in [1.82, 2.24) is 0 Å². The Morgan fingerprint density at radius 2 is 1.81 bits per heavy atom. The van der Waals surface area contributed by atoms with Gasteiger partial charge in [0, 0.05) is 21.9 Å². The molecule has 0 atom stereocenters. The zero-order chi connectivity index (χ0) is 15.6. The average molecular weight is 303 g/mol. The zero-order valence-electron chi connectivity index (χ0n) is 11.5. The van der Waals surface area contributed by atoms with Gasteiger partial charge < -0.3 is 5.11 Å². The van der Waals surface area contributed by atoms with Crippen LogP contribution in [0.15, 0.2) is 46.2 Å². The summed E-state index contributed by atoms with van der Waals surface area (Å²) in [6, 6.07) is 9.76. The van der Waals surface area contributed by atoms with Gasteiger partial charge in [-0.3, -0.25) is 10.1 Å². The molecule has 1 N–H and O–H groups in total. The van der Waals surface area contributed by atoms with Crippen molar-refractivity contribution in [3.8, 4) is 0 Å². The largest absolute Gasteiger partial charge is 0.478 e. The third kappa shape index (κ3) is 3.41. The Kier molecular flexibility index (Phi) is 4.28. The topological polar surface area (TPSA) is 80.4 Å². The zero-order valence-corrected chi connectivity index (χ0v) is 12.3. The molecule has 0 heterocycles. The molecule has 0 aromatic heterocycles.